The van der Waals surface area contributed by atoms with Crippen molar-refractivity contribution in [3.8, 4) is 0 Å². The molecule has 27 heavy (non-hydrogen) atoms. The van der Waals surface area contributed by atoms with Gasteiger partial charge in [-0.1, -0.05) is 11.8 Å². The van der Waals surface area contributed by atoms with Crippen LogP contribution in [0.1, 0.15) is 12.8 Å². The molecule has 1 unspecified atom stereocenters. The number of aromatic nitrogens is 2. The molecule has 0 spiro atoms. The molecule has 2 fully saturated rings. The van der Waals surface area contributed by atoms with E-state index in [0.717, 1.165) is 28.8 Å². The fourth-order valence-corrected chi connectivity index (χ4v) is 4.37. The van der Waals surface area contributed by atoms with Crippen molar-refractivity contribution >= 4 is 34.5 Å². The lowest BCUT2D eigenvalue weighted by Gasteiger charge is -2.35. The third kappa shape index (κ3) is 4.06. The van der Waals surface area contributed by atoms with Crippen molar-refractivity contribution in [2.75, 3.05) is 38.5 Å². The van der Waals surface area contributed by atoms with Gasteiger partial charge in [0.1, 0.15) is 11.1 Å². The van der Waals surface area contributed by atoms with Gasteiger partial charge in [0.15, 0.2) is 0 Å². The Balaban J connectivity index is 1.30. The van der Waals surface area contributed by atoms with E-state index in [0.29, 0.717) is 38.5 Å². The van der Waals surface area contributed by atoms with Gasteiger partial charge >= 0.3 is 0 Å². The Bertz CT molecular complexity index is 827. The molecule has 8 heteroatoms. The van der Waals surface area contributed by atoms with Crippen LogP contribution < -0.4 is 0 Å². The summed E-state index contributed by atoms with van der Waals surface area (Å²) in [6.45, 7) is 2.96. The number of ether oxygens (including phenoxy) is 1. The first-order valence-corrected chi connectivity index (χ1v) is 10.2. The van der Waals surface area contributed by atoms with Crippen LogP contribution in [0.5, 0.6) is 0 Å². The van der Waals surface area contributed by atoms with Crippen LogP contribution in [0.15, 0.2) is 35.6 Å². The SMILES string of the molecule is O=C(CSc1nccc2ncccc12)N1CCN(C(=O)C2CCCO2)CC1. The summed E-state index contributed by atoms with van der Waals surface area (Å²) in [5.41, 5.74) is 0.878. The first-order valence-electron chi connectivity index (χ1n) is 9.23. The Hall–Kier alpha value is -2.19. The molecule has 0 saturated carbocycles. The van der Waals surface area contributed by atoms with Crippen LogP contribution in [0.4, 0.5) is 0 Å². The third-order valence-electron chi connectivity index (χ3n) is 4.97. The minimum absolute atomic E-state index is 0.0708. The van der Waals surface area contributed by atoms with Crippen molar-refractivity contribution in [1.29, 1.82) is 0 Å². The van der Waals surface area contributed by atoms with E-state index in [1.165, 1.54) is 11.8 Å². The number of rotatable bonds is 4. The molecule has 0 aromatic carbocycles. The van der Waals surface area contributed by atoms with E-state index in [1.807, 2.05) is 28.0 Å². The van der Waals surface area contributed by atoms with Gasteiger partial charge in [0.25, 0.3) is 5.91 Å². The minimum atomic E-state index is -0.283. The van der Waals surface area contributed by atoms with Gasteiger partial charge < -0.3 is 14.5 Å². The van der Waals surface area contributed by atoms with E-state index in [2.05, 4.69) is 9.97 Å². The number of thioether (sulfide) groups is 1. The lowest BCUT2D eigenvalue weighted by Crippen LogP contribution is -2.53. The highest BCUT2D eigenvalue weighted by Crippen LogP contribution is 2.24. The second-order valence-electron chi connectivity index (χ2n) is 6.68. The Kier molecular flexibility index (Phi) is 5.54. The maximum atomic E-state index is 12.6. The monoisotopic (exact) mass is 386 g/mol. The van der Waals surface area contributed by atoms with Crippen LogP contribution in [0.2, 0.25) is 0 Å². The number of carbonyl (C=O) groups is 2. The van der Waals surface area contributed by atoms with Gasteiger partial charge in [-0.3, -0.25) is 14.6 Å². The Morgan fingerprint density at radius 2 is 1.93 bits per heavy atom. The minimum Gasteiger partial charge on any atom is -0.368 e. The van der Waals surface area contributed by atoms with Crippen LogP contribution in [0.25, 0.3) is 10.9 Å². The first-order chi connectivity index (χ1) is 13.2. The Labute approximate surface area is 162 Å². The zero-order chi connectivity index (χ0) is 18.6. The molecule has 2 aliphatic heterocycles. The van der Waals surface area contributed by atoms with E-state index in [4.69, 9.17) is 4.74 Å². The molecule has 0 radical (unpaired) electrons. The summed E-state index contributed by atoms with van der Waals surface area (Å²) in [6, 6.07) is 5.71. The molecule has 0 N–H and O–H groups in total. The van der Waals surface area contributed by atoms with E-state index in [-0.39, 0.29) is 17.9 Å². The van der Waals surface area contributed by atoms with Crippen molar-refractivity contribution in [2.24, 2.45) is 0 Å². The molecular formula is C19H22N4O3S. The molecular weight excluding hydrogens is 364 g/mol. The fraction of sp³-hybridized carbons (Fsp3) is 0.474. The summed E-state index contributed by atoms with van der Waals surface area (Å²) in [5.74, 6) is 0.481. The van der Waals surface area contributed by atoms with Crippen LogP contribution in [-0.4, -0.2) is 76.2 Å². The molecule has 4 heterocycles. The summed E-state index contributed by atoms with van der Waals surface area (Å²) in [7, 11) is 0. The molecule has 7 nitrogen and oxygen atoms in total. The van der Waals surface area contributed by atoms with Gasteiger partial charge in [-0.2, -0.15) is 0 Å². The highest BCUT2D eigenvalue weighted by Gasteiger charge is 2.31. The predicted octanol–water partition coefficient (Wildman–Crippen LogP) is 1.57. The largest absolute Gasteiger partial charge is 0.368 e. The highest BCUT2D eigenvalue weighted by molar-refractivity contribution is 8.00. The lowest BCUT2D eigenvalue weighted by molar-refractivity contribution is -0.145. The number of piperazine rings is 1. The topological polar surface area (TPSA) is 75.6 Å². The van der Waals surface area contributed by atoms with E-state index in [9.17, 15) is 9.59 Å². The molecule has 2 aromatic heterocycles. The van der Waals surface area contributed by atoms with Crippen molar-refractivity contribution < 1.29 is 14.3 Å². The number of hydrogen-bond acceptors (Lipinski definition) is 6. The van der Waals surface area contributed by atoms with Gasteiger partial charge in [0.05, 0.1) is 11.3 Å². The molecule has 0 bridgehead atoms. The van der Waals surface area contributed by atoms with Crippen LogP contribution in [0, 0.1) is 0 Å². The number of carbonyl (C=O) groups excluding carboxylic acids is 2. The average molecular weight is 386 g/mol. The van der Waals surface area contributed by atoms with Gasteiger partial charge in [-0.15, -0.1) is 0 Å². The number of pyridine rings is 2. The summed E-state index contributed by atoms with van der Waals surface area (Å²) >= 11 is 1.44. The van der Waals surface area contributed by atoms with Crippen LogP contribution in [-0.2, 0) is 14.3 Å². The number of amides is 2. The maximum absolute atomic E-state index is 12.6. The molecule has 0 aliphatic carbocycles. The molecule has 2 amide bonds. The van der Waals surface area contributed by atoms with Crippen LogP contribution >= 0.6 is 11.8 Å². The summed E-state index contributed by atoms with van der Waals surface area (Å²) < 4.78 is 5.48. The molecule has 2 saturated heterocycles. The van der Waals surface area contributed by atoms with Gasteiger partial charge in [0, 0.05) is 50.6 Å². The fourth-order valence-electron chi connectivity index (χ4n) is 3.46. The number of nitrogens with zero attached hydrogens (tertiary/aromatic N) is 4. The second-order valence-corrected chi connectivity index (χ2v) is 7.65. The molecule has 1 atom stereocenters. The van der Waals surface area contributed by atoms with Crippen molar-refractivity contribution in [3.63, 3.8) is 0 Å². The first kappa shape index (κ1) is 18.2. The Morgan fingerprint density at radius 3 is 2.70 bits per heavy atom. The Morgan fingerprint density at radius 1 is 1.11 bits per heavy atom. The average Bonchev–Trinajstić information content (AvgIpc) is 3.26. The second kappa shape index (κ2) is 8.22. The molecule has 2 aromatic rings. The van der Waals surface area contributed by atoms with E-state index < -0.39 is 0 Å². The normalized spacial score (nSPS) is 20.2. The highest BCUT2D eigenvalue weighted by atomic mass is 32.2. The van der Waals surface area contributed by atoms with Crippen LogP contribution in [0.3, 0.4) is 0 Å². The third-order valence-corrected chi connectivity index (χ3v) is 5.96. The van der Waals surface area contributed by atoms with E-state index in [1.54, 1.807) is 12.4 Å². The number of hydrogen-bond donors (Lipinski definition) is 0. The standard InChI is InChI=1S/C19H22N4O3S/c24-17(13-27-18-14-3-1-6-20-15(14)5-7-21-18)22-8-10-23(11-9-22)19(25)16-4-2-12-26-16/h1,3,5-7,16H,2,4,8-13H2. The summed E-state index contributed by atoms with van der Waals surface area (Å²) in [6.07, 6.45) is 4.94. The van der Waals surface area contributed by atoms with Gasteiger partial charge in [-0.25, -0.2) is 4.98 Å². The van der Waals surface area contributed by atoms with Gasteiger partial charge in [0.2, 0.25) is 5.91 Å². The number of fused-ring (bicyclic) bond motifs is 1. The van der Waals surface area contributed by atoms with E-state index >= 15 is 0 Å². The lowest BCUT2D eigenvalue weighted by atomic mass is 10.2. The smallest absolute Gasteiger partial charge is 0.251 e. The van der Waals surface area contributed by atoms with Crippen molar-refractivity contribution in [2.45, 2.75) is 24.0 Å². The molecule has 142 valence electrons. The quantitative estimate of drug-likeness (QED) is 0.743. The summed E-state index contributed by atoms with van der Waals surface area (Å²) in [5, 5.41) is 1.78. The summed E-state index contributed by atoms with van der Waals surface area (Å²) in [4.78, 5) is 37.3. The zero-order valence-electron chi connectivity index (χ0n) is 15.0. The molecule has 2 aliphatic rings. The zero-order valence-corrected chi connectivity index (χ0v) is 15.9. The van der Waals surface area contributed by atoms with Crippen molar-refractivity contribution in [1.82, 2.24) is 19.8 Å². The maximum Gasteiger partial charge on any atom is 0.251 e. The molecule has 4 rings (SSSR count). The van der Waals surface area contributed by atoms with Gasteiger partial charge in [-0.05, 0) is 31.0 Å². The van der Waals surface area contributed by atoms with Crippen molar-refractivity contribution in [3.05, 3.63) is 30.6 Å². The predicted molar refractivity (Wildman–Crippen MR) is 102 cm³/mol.